The number of carbonyl (C=O) groups excluding carboxylic acids is 1. The van der Waals surface area contributed by atoms with Gasteiger partial charge in [0.15, 0.2) is 5.78 Å². The van der Waals surface area contributed by atoms with Crippen LogP contribution < -0.4 is 0 Å². The van der Waals surface area contributed by atoms with Gasteiger partial charge in [-0.05, 0) is 80.5 Å². The molecule has 0 saturated heterocycles. The largest absolute Gasteiger partial charge is 0.481 e. The van der Waals surface area contributed by atoms with E-state index in [9.17, 15) is 9.90 Å². The Morgan fingerprint density at radius 2 is 1.76 bits per heavy atom. The van der Waals surface area contributed by atoms with Gasteiger partial charge in [-0.15, -0.1) is 11.6 Å². The van der Waals surface area contributed by atoms with Crippen LogP contribution in [-0.2, 0) is 9.59 Å². The Kier molecular flexibility index (Phi) is 6.37. The summed E-state index contributed by atoms with van der Waals surface area (Å²) in [5.41, 5.74) is 4.14. The Bertz CT molecular complexity index is 750. The molecule has 0 radical (unpaired) electrons. The maximum atomic E-state index is 12.5. The van der Waals surface area contributed by atoms with Crippen molar-refractivity contribution in [2.45, 2.75) is 78.7 Å². The molecule has 5 heteroatoms. The molecule has 0 heterocycles. The number of allylic oxidation sites excluding steroid dienone is 3. The molecule has 0 spiro atoms. The van der Waals surface area contributed by atoms with Gasteiger partial charge in [0, 0.05) is 12.5 Å². The van der Waals surface area contributed by atoms with Crippen molar-refractivity contribution < 1.29 is 19.8 Å². The Balaban J connectivity index is 0.000000552. The van der Waals surface area contributed by atoms with Crippen LogP contribution in [0.15, 0.2) is 22.8 Å². The number of hydrogen-bond donors (Lipinski definition) is 2. The molecule has 2 fully saturated rings. The number of rotatable bonds is 2. The summed E-state index contributed by atoms with van der Waals surface area (Å²) >= 11 is 5.94. The van der Waals surface area contributed by atoms with Gasteiger partial charge >= 0.3 is 0 Å². The number of alkyl halides is 1. The molecule has 6 atom stereocenters. The fraction of sp³-hybridized carbons (Fsp3) is 0.750. The third-order valence-electron chi connectivity index (χ3n) is 8.39. The van der Waals surface area contributed by atoms with Crippen LogP contribution in [0.2, 0.25) is 0 Å². The highest BCUT2D eigenvalue weighted by atomic mass is 35.5. The molecule has 0 amide bonds. The summed E-state index contributed by atoms with van der Waals surface area (Å²) in [7, 11) is 0. The van der Waals surface area contributed by atoms with E-state index in [-0.39, 0.29) is 28.6 Å². The van der Waals surface area contributed by atoms with Crippen molar-refractivity contribution >= 4 is 23.4 Å². The van der Waals surface area contributed by atoms with Gasteiger partial charge in [-0.2, -0.15) is 0 Å². The van der Waals surface area contributed by atoms with Crippen LogP contribution in [-0.4, -0.2) is 33.9 Å². The van der Waals surface area contributed by atoms with Crippen molar-refractivity contribution in [2.24, 2.45) is 28.6 Å². The van der Waals surface area contributed by atoms with Crippen LogP contribution in [0.5, 0.6) is 0 Å². The van der Waals surface area contributed by atoms with E-state index >= 15 is 0 Å². The lowest BCUT2D eigenvalue weighted by Gasteiger charge is -2.57. The average Bonchev–Trinajstić information content (AvgIpc) is 2.91. The molecule has 0 bridgehead atoms. The molecule has 2 saturated carbocycles. The zero-order valence-corrected chi connectivity index (χ0v) is 18.9. The number of Topliss-reactive ketones (excluding diaryl/α,β-unsaturated/α-hetero) is 1. The smallest absolute Gasteiger partial charge is 0.300 e. The molecule has 29 heavy (non-hydrogen) atoms. The zero-order chi connectivity index (χ0) is 21.6. The molecular weight excluding hydrogens is 388 g/mol. The number of aliphatic hydroxyl groups is 1. The normalized spacial score (nSPS) is 40.7. The fourth-order valence-electron chi connectivity index (χ4n) is 7.19. The van der Waals surface area contributed by atoms with Crippen molar-refractivity contribution in [3.05, 3.63) is 22.8 Å². The summed E-state index contributed by atoms with van der Waals surface area (Å²) in [4.78, 5) is 21.5. The highest BCUT2D eigenvalue weighted by molar-refractivity contribution is 6.30. The number of halogens is 1. The summed E-state index contributed by atoms with van der Waals surface area (Å²) in [5.74, 6) is 1.38. The maximum absolute atomic E-state index is 12.5. The van der Waals surface area contributed by atoms with E-state index in [1.165, 1.54) is 17.6 Å². The SMILES string of the molecule is CC(=O)O.CC1=C(C(=O)CCl)[C@@]2(C)CC[C@H]3[C@@H](CC=C4C[C@@H](O)CC[C@@]43C)[C@@H]2C1. The maximum Gasteiger partial charge on any atom is 0.300 e. The number of hydrogen-bond acceptors (Lipinski definition) is 3. The number of ketones is 1. The van der Waals surface area contributed by atoms with Gasteiger partial charge in [-0.3, -0.25) is 9.59 Å². The average molecular weight is 423 g/mol. The van der Waals surface area contributed by atoms with Crippen molar-refractivity contribution in [1.82, 2.24) is 0 Å². The number of carbonyl (C=O) groups is 2. The summed E-state index contributed by atoms with van der Waals surface area (Å²) in [6, 6.07) is 0. The predicted octanol–water partition coefficient (Wildman–Crippen LogP) is 5.14. The molecule has 0 aromatic heterocycles. The highest BCUT2D eigenvalue weighted by Gasteiger charge is 2.58. The van der Waals surface area contributed by atoms with E-state index in [0.29, 0.717) is 17.8 Å². The first-order valence-electron chi connectivity index (χ1n) is 10.9. The van der Waals surface area contributed by atoms with Crippen LogP contribution in [0.1, 0.15) is 72.6 Å². The Morgan fingerprint density at radius 3 is 2.38 bits per heavy atom. The van der Waals surface area contributed by atoms with E-state index in [1.807, 2.05) is 0 Å². The lowest BCUT2D eigenvalue weighted by atomic mass is 9.47. The quantitative estimate of drug-likeness (QED) is 0.477. The monoisotopic (exact) mass is 422 g/mol. The summed E-state index contributed by atoms with van der Waals surface area (Å²) in [5, 5.41) is 17.5. The minimum Gasteiger partial charge on any atom is -0.481 e. The number of aliphatic hydroxyl groups excluding tert-OH is 1. The van der Waals surface area contributed by atoms with E-state index in [1.54, 1.807) is 0 Å². The van der Waals surface area contributed by atoms with Crippen LogP contribution >= 0.6 is 11.6 Å². The second kappa shape index (κ2) is 8.19. The molecule has 4 aliphatic carbocycles. The Hall–Kier alpha value is -1.13. The Labute approximate surface area is 179 Å². The molecule has 0 aromatic carbocycles. The number of aliphatic carboxylic acids is 1. The van der Waals surface area contributed by atoms with Crippen molar-refractivity contribution in [3.63, 3.8) is 0 Å². The number of fused-ring (bicyclic) bond motifs is 5. The van der Waals surface area contributed by atoms with Crippen LogP contribution in [0.3, 0.4) is 0 Å². The minimum absolute atomic E-state index is 0.0209. The number of carboxylic acid groups (broad SMARTS) is 1. The summed E-state index contributed by atoms with van der Waals surface area (Å²) in [6.45, 7) is 8.02. The Morgan fingerprint density at radius 1 is 1.14 bits per heavy atom. The third-order valence-corrected chi connectivity index (χ3v) is 8.63. The van der Waals surface area contributed by atoms with Crippen molar-refractivity contribution in [2.75, 3.05) is 5.88 Å². The van der Waals surface area contributed by atoms with Gasteiger partial charge in [-0.1, -0.05) is 31.1 Å². The second-order valence-electron chi connectivity index (χ2n) is 10.0. The van der Waals surface area contributed by atoms with Gasteiger partial charge in [-0.25, -0.2) is 0 Å². The molecule has 162 valence electrons. The van der Waals surface area contributed by atoms with Crippen LogP contribution in [0.4, 0.5) is 0 Å². The van der Waals surface area contributed by atoms with Crippen molar-refractivity contribution in [1.29, 1.82) is 0 Å². The van der Waals surface area contributed by atoms with E-state index in [0.717, 1.165) is 51.0 Å². The van der Waals surface area contributed by atoms with Gasteiger partial charge in [0.1, 0.15) is 0 Å². The van der Waals surface area contributed by atoms with Gasteiger partial charge in [0.2, 0.25) is 0 Å². The molecule has 0 aromatic rings. The van der Waals surface area contributed by atoms with E-state index in [4.69, 9.17) is 21.5 Å². The minimum atomic E-state index is -0.833. The van der Waals surface area contributed by atoms with Crippen LogP contribution in [0.25, 0.3) is 0 Å². The van der Waals surface area contributed by atoms with Gasteiger partial charge in [0.25, 0.3) is 5.97 Å². The van der Waals surface area contributed by atoms with Gasteiger partial charge in [0.05, 0.1) is 12.0 Å². The molecule has 4 rings (SSSR count). The second-order valence-corrected chi connectivity index (χ2v) is 10.3. The van der Waals surface area contributed by atoms with Gasteiger partial charge < -0.3 is 10.2 Å². The van der Waals surface area contributed by atoms with E-state index < -0.39 is 5.97 Å². The van der Waals surface area contributed by atoms with Crippen LogP contribution in [0, 0.1) is 28.6 Å². The van der Waals surface area contributed by atoms with E-state index in [2.05, 4.69) is 26.8 Å². The zero-order valence-electron chi connectivity index (χ0n) is 18.1. The molecule has 0 unspecified atom stereocenters. The third kappa shape index (κ3) is 3.83. The molecular formula is C24H35ClO4. The van der Waals surface area contributed by atoms with Crippen molar-refractivity contribution in [3.8, 4) is 0 Å². The lowest BCUT2D eigenvalue weighted by molar-refractivity contribution is -0.134. The first-order chi connectivity index (χ1) is 13.5. The predicted molar refractivity (Wildman–Crippen MR) is 115 cm³/mol. The first-order valence-corrected chi connectivity index (χ1v) is 11.4. The molecule has 2 N–H and O–H groups in total. The lowest BCUT2D eigenvalue weighted by Crippen LogP contribution is -2.50. The fourth-order valence-corrected chi connectivity index (χ4v) is 7.33. The molecule has 4 nitrogen and oxygen atoms in total. The first kappa shape index (κ1) is 22.6. The highest BCUT2D eigenvalue weighted by Crippen LogP contribution is 2.66. The number of carboxylic acids is 1. The standard InChI is InChI=1S/C22H31ClO2.C2H4O2/c1-13-10-18-16-5-4-14-11-15(24)6-8-21(14,2)17(16)7-9-22(18,3)20(13)19(25)12-23;1-2(3)4/h4,15-18,24H,5-12H2,1-3H3;1H3,(H,3,4)/t15-,16+,17-,18-,21-,22-;/m0./s1. The summed E-state index contributed by atoms with van der Waals surface area (Å²) in [6.07, 6.45) is 9.73. The topological polar surface area (TPSA) is 74.6 Å². The summed E-state index contributed by atoms with van der Waals surface area (Å²) < 4.78 is 0. The molecule has 4 aliphatic rings. The molecule has 0 aliphatic heterocycles.